The number of carboxylic acid groups (broad SMARTS) is 1. The molecule has 8 heteroatoms. The SMILES string of the molecule is O=C(O)C1CCc2nc(C3CCS(=O)(=O)C3)nn2C1. The molecule has 3 rings (SSSR count). The van der Waals surface area contributed by atoms with Crippen molar-refractivity contribution in [2.75, 3.05) is 11.5 Å². The van der Waals surface area contributed by atoms with E-state index in [0.717, 1.165) is 5.82 Å². The van der Waals surface area contributed by atoms with Gasteiger partial charge in [0.05, 0.1) is 24.0 Å². The van der Waals surface area contributed by atoms with E-state index in [1.807, 2.05) is 0 Å². The average Bonchev–Trinajstić information content (AvgIpc) is 2.90. The molecule has 2 atom stereocenters. The van der Waals surface area contributed by atoms with Gasteiger partial charge in [0, 0.05) is 12.3 Å². The maximum absolute atomic E-state index is 11.5. The van der Waals surface area contributed by atoms with Crippen molar-refractivity contribution in [3.05, 3.63) is 11.6 Å². The highest BCUT2D eigenvalue weighted by molar-refractivity contribution is 7.91. The number of aromatic nitrogens is 3. The molecule has 3 heterocycles. The summed E-state index contributed by atoms with van der Waals surface area (Å²) >= 11 is 0. The Labute approximate surface area is 110 Å². The summed E-state index contributed by atoms with van der Waals surface area (Å²) in [6, 6.07) is 0. The van der Waals surface area contributed by atoms with E-state index in [0.29, 0.717) is 31.6 Å². The van der Waals surface area contributed by atoms with Crippen LogP contribution in [0.4, 0.5) is 0 Å². The molecule has 0 spiro atoms. The Morgan fingerprint density at radius 2 is 2.16 bits per heavy atom. The number of carboxylic acids is 1. The van der Waals surface area contributed by atoms with Crippen molar-refractivity contribution in [1.29, 1.82) is 0 Å². The Bertz CT molecular complexity index is 622. The van der Waals surface area contributed by atoms with Crippen LogP contribution in [0, 0.1) is 5.92 Å². The van der Waals surface area contributed by atoms with Crippen LogP contribution in [0.25, 0.3) is 0 Å². The van der Waals surface area contributed by atoms with Gasteiger partial charge in [-0.05, 0) is 12.8 Å². The fourth-order valence-corrected chi connectivity index (χ4v) is 4.44. The molecule has 104 valence electrons. The lowest BCUT2D eigenvalue weighted by atomic mass is 10.0. The number of aryl methyl sites for hydroxylation is 1. The standard InChI is InChI=1S/C11H15N3O4S/c15-11(16)7-1-2-9-12-10(13-14(9)5-7)8-3-4-19(17,18)6-8/h7-8H,1-6H2,(H,15,16). The van der Waals surface area contributed by atoms with Gasteiger partial charge in [-0.15, -0.1) is 0 Å². The number of nitrogens with zero attached hydrogens (tertiary/aromatic N) is 3. The summed E-state index contributed by atoms with van der Waals surface area (Å²) in [6.45, 7) is 0.330. The third-order valence-corrected chi connectivity index (χ3v) is 5.59. The van der Waals surface area contributed by atoms with Crippen LogP contribution in [-0.4, -0.2) is 45.8 Å². The van der Waals surface area contributed by atoms with E-state index in [2.05, 4.69) is 10.1 Å². The number of rotatable bonds is 2. The Hall–Kier alpha value is -1.44. The third kappa shape index (κ3) is 2.36. The first-order valence-corrected chi connectivity index (χ1v) is 8.13. The summed E-state index contributed by atoms with van der Waals surface area (Å²) in [5, 5.41) is 13.3. The highest BCUT2D eigenvalue weighted by atomic mass is 32.2. The van der Waals surface area contributed by atoms with Gasteiger partial charge in [0.25, 0.3) is 0 Å². The number of sulfone groups is 1. The number of hydrogen-bond acceptors (Lipinski definition) is 5. The number of aliphatic carboxylic acids is 1. The van der Waals surface area contributed by atoms with E-state index < -0.39 is 21.7 Å². The van der Waals surface area contributed by atoms with Crippen molar-refractivity contribution >= 4 is 15.8 Å². The molecule has 0 bridgehead atoms. The zero-order chi connectivity index (χ0) is 13.6. The Kier molecular flexibility index (Phi) is 2.84. The fraction of sp³-hybridized carbons (Fsp3) is 0.727. The molecule has 7 nitrogen and oxygen atoms in total. The Morgan fingerprint density at radius 3 is 2.79 bits per heavy atom. The molecule has 19 heavy (non-hydrogen) atoms. The topological polar surface area (TPSA) is 102 Å². The lowest BCUT2D eigenvalue weighted by Gasteiger charge is -2.18. The molecule has 0 radical (unpaired) electrons. The van der Waals surface area contributed by atoms with Crippen molar-refractivity contribution in [3.63, 3.8) is 0 Å². The van der Waals surface area contributed by atoms with Crippen LogP contribution in [0.1, 0.15) is 30.4 Å². The lowest BCUT2D eigenvalue weighted by Crippen LogP contribution is -2.27. The van der Waals surface area contributed by atoms with Gasteiger partial charge in [-0.2, -0.15) is 5.10 Å². The molecule has 0 aromatic carbocycles. The third-order valence-electron chi connectivity index (χ3n) is 3.82. The second kappa shape index (κ2) is 4.29. The molecule has 1 saturated heterocycles. The zero-order valence-electron chi connectivity index (χ0n) is 10.3. The van der Waals surface area contributed by atoms with Gasteiger partial charge in [-0.3, -0.25) is 4.79 Å². The van der Waals surface area contributed by atoms with Crippen LogP contribution in [0.15, 0.2) is 0 Å². The zero-order valence-corrected chi connectivity index (χ0v) is 11.1. The van der Waals surface area contributed by atoms with Crippen LogP contribution in [0.2, 0.25) is 0 Å². The van der Waals surface area contributed by atoms with Gasteiger partial charge in [-0.1, -0.05) is 0 Å². The predicted molar refractivity (Wildman–Crippen MR) is 65.5 cm³/mol. The minimum atomic E-state index is -2.95. The molecule has 0 aliphatic carbocycles. The van der Waals surface area contributed by atoms with Crippen LogP contribution in [0.3, 0.4) is 0 Å². The second-order valence-electron chi connectivity index (χ2n) is 5.24. The maximum atomic E-state index is 11.5. The minimum Gasteiger partial charge on any atom is -0.481 e. The molecule has 0 amide bonds. The Balaban J connectivity index is 1.82. The maximum Gasteiger partial charge on any atom is 0.308 e. The molecule has 1 aromatic rings. The van der Waals surface area contributed by atoms with Gasteiger partial charge in [0.1, 0.15) is 5.82 Å². The largest absolute Gasteiger partial charge is 0.481 e. The second-order valence-corrected chi connectivity index (χ2v) is 7.47. The van der Waals surface area contributed by atoms with E-state index in [-0.39, 0.29) is 17.4 Å². The van der Waals surface area contributed by atoms with Gasteiger partial charge < -0.3 is 5.11 Å². The van der Waals surface area contributed by atoms with Crippen LogP contribution < -0.4 is 0 Å². The van der Waals surface area contributed by atoms with Crippen molar-refractivity contribution in [2.45, 2.75) is 31.7 Å². The van der Waals surface area contributed by atoms with Crippen molar-refractivity contribution in [2.24, 2.45) is 5.92 Å². The van der Waals surface area contributed by atoms with Crippen molar-refractivity contribution in [3.8, 4) is 0 Å². The van der Waals surface area contributed by atoms with Gasteiger partial charge >= 0.3 is 5.97 Å². The van der Waals surface area contributed by atoms with E-state index in [4.69, 9.17) is 5.11 Å². The first kappa shape index (κ1) is 12.6. The van der Waals surface area contributed by atoms with E-state index in [9.17, 15) is 13.2 Å². The Morgan fingerprint density at radius 1 is 1.37 bits per heavy atom. The number of hydrogen-bond donors (Lipinski definition) is 1. The molecular weight excluding hydrogens is 270 g/mol. The summed E-state index contributed by atoms with van der Waals surface area (Å²) in [5.74, 6) is 0.267. The summed E-state index contributed by atoms with van der Waals surface area (Å²) < 4.78 is 24.5. The van der Waals surface area contributed by atoms with Crippen LogP contribution in [0.5, 0.6) is 0 Å². The molecule has 2 unspecified atom stereocenters. The monoisotopic (exact) mass is 285 g/mol. The molecule has 1 fully saturated rings. The molecule has 2 aliphatic rings. The predicted octanol–water partition coefficient (Wildman–Crippen LogP) is -0.173. The molecular formula is C11H15N3O4S. The van der Waals surface area contributed by atoms with E-state index >= 15 is 0 Å². The molecule has 0 saturated carbocycles. The lowest BCUT2D eigenvalue weighted by molar-refractivity contribution is -0.142. The molecule has 2 aliphatic heterocycles. The quantitative estimate of drug-likeness (QED) is 0.809. The average molecular weight is 285 g/mol. The minimum absolute atomic E-state index is 0.110. The highest BCUT2D eigenvalue weighted by Crippen LogP contribution is 2.28. The smallest absolute Gasteiger partial charge is 0.308 e. The van der Waals surface area contributed by atoms with Gasteiger partial charge in [0.2, 0.25) is 0 Å². The molecule has 1 N–H and O–H groups in total. The van der Waals surface area contributed by atoms with Gasteiger partial charge in [0.15, 0.2) is 15.7 Å². The summed E-state index contributed by atoms with van der Waals surface area (Å²) in [5.41, 5.74) is 0. The summed E-state index contributed by atoms with van der Waals surface area (Å²) in [4.78, 5) is 15.4. The normalized spacial score (nSPS) is 29.1. The number of carbonyl (C=O) groups is 1. The molecule has 1 aromatic heterocycles. The highest BCUT2D eigenvalue weighted by Gasteiger charge is 2.34. The van der Waals surface area contributed by atoms with E-state index in [1.165, 1.54) is 0 Å². The van der Waals surface area contributed by atoms with Crippen molar-refractivity contribution in [1.82, 2.24) is 14.8 Å². The number of fused-ring (bicyclic) bond motifs is 1. The van der Waals surface area contributed by atoms with Crippen molar-refractivity contribution < 1.29 is 18.3 Å². The fourth-order valence-electron chi connectivity index (χ4n) is 2.70. The van der Waals surface area contributed by atoms with Crippen LogP contribution in [-0.2, 0) is 27.6 Å². The van der Waals surface area contributed by atoms with E-state index in [1.54, 1.807) is 4.68 Å². The van der Waals surface area contributed by atoms with Gasteiger partial charge in [-0.25, -0.2) is 18.1 Å². The summed E-state index contributed by atoms with van der Waals surface area (Å²) in [6.07, 6.45) is 1.72. The first-order chi connectivity index (χ1) is 8.94. The first-order valence-electron chi connectivity index (χ1n) is 6.31. The summed E-state index contributed by atoms with van der Waals surface area (Å²) in [7, 11) is -2.95. The van der Waals surface area contributed by atoms with Crippen LogP contribution >= 0.6 is 0 Å².